The van der Waals surface area contributed by atoms with Crippen LogP contribution in [0.4, 0.5) is 17.2 Å². The van der Waals surface area contributed by atoms with Crippen molar-refractivity contribution in [3.05, 3.63) is 88.7 Å². The van der Waals surface area contributed by atoms with Crippen LogP contribution in [0.25, 0.3) is 5.82 Å². The Morgan fingerprint density at radius 2 is 1.67 bits per heavy atom. The van der Waals surface area contributed by atoms with Gasteiger partial charge in [-0.05, 0) is 81.6 Å². The molecule has 0 saturated heterocycles. The predicted octanol–water partition coefficient (Wildman–Crippen LogP) is 5.21. The van der Waals surface area contributed by atoms with Gasteiger partial charge >= 0.3 is 0 Å². The van der Waals surface area contributed by atoms with E-state index in [2.05, 4.69) is 51.1 Å². The molecule has 4 aromatic rings. The summed E-state index contributed by atoms with van der Waals surface area (Å²) in [5, 5.41) is 19.3. The standard InChI is InChI=1S/C26H28N6O/c1-17-6-5-7-21(16-17)8-15-26(33)28-23-11-9-22(10-12-23)27-24-13-14-25(30-29-24)32-20(4)18(2)19(3)31-32/h5-7,9-14,16H,8,15H2,1-4H3,(H,27,29)(H,28,33). The molecule has 0 spiro atoms. The van der Waals surface area contributed by atoms with E-state index in [1.807, 2.05) is 63.2 Å². The van der Waals surface area contributed by atoms with E-state index in [0.29, 0.717) is 18.1 Å². The van der Waals surface area contributed by atoms with Crippen molar-refractivity contribution >= 4 is 23.1 Å². The minimum absolute atomic E-state index is 0.00180. The number of carbonyl (C=O) groups is 1. The summed E-state index contributed by atoms with van der Waals surface area (Å²) in [6.07, 6.45) is 1.17. The molecule has 2 aromatic carbocycles. The molecule has 7 nitrogen and oxygen atoms in total. The molecule has 2 heterocycles. The molecular formula is C26H28N6O. The maximum Gasteiger partial charge on any atom is 0.224 e. The highest BCUT2D eigenvalue weighted by Crippen LogP contribution is 2.19. The first-order valence-corrected chi connectivity index (χ1v) is 11.0. The van der Waals surface area contributed by atoms with Gasteiger partial charge in [-0.1, -0.05) is 29.8 Å². The largest absolute Gasteiger partial charge is 0.339 e. The van der Waals surface area contributed by atoms with Gasteiger partial charge in [0.2, 0.25) is 5.91 Å². The van der Waals surface area contributed by atoms with Crippen molar-refractivity contribution in [3.8, 4) is 5.82 Å². The number of aryl methyl sites for hydroxylation is 3. The summed E-state index contributed by atoms with van der Waals surface area (Å²) in [6.45, 7) is 8.11. The molecular weight excluding hydrogens is 412 g/mol. The number of hydrogen-bond donors (Lipinski definition) is 2. The SMILES string of the molecule is Cc1cccc(CCC(=O)Nc2ccc(Nc3ccc(-n4nc(C)c(C)c4C)nn3)cc2)c1. The van der Waals surface area contributed by atoms with E-state index in [4.69, 9.17) is 0 Å². The van der Waals surface area contributed by atoms with Gasteiger partial charge in [-0.15, -0.1) is 10.2 Å². The van der Waals surface area contributed by atoms with Crippen molar-refractivity contribution in [2.45, 2.75) is 40.5 Å². The van der Waals surface area contributed by atoms with E-state index < -0.39 is 0 Å². The molecule has 2 aromatic heterocycles. The summed E-state index contributed by atoms with van der Waals surface area (Å²) in [5.41, 5.74) is 7.19. The van der Waals surface area contributed by atoms with Crippen LogP contribution in [0.2, 0.25) is 0 Å². The molecule has 168 valence electrons. The minimum atomic E-state index is -0.00180. The van der Waals surface area contributed by atoms with Crippen LogP contribution < -0.4 is 10.6 Å². The number of hydrogen-bond acceptors (Lipinski definition) is 5. The molecule has 4 rings (SSSR count). The monoisotopic (exact) mass is 440 g/mol. The highest BCUT2D eigenvalue weighted by atomic mass is 16.1. The number of nitrogens with one attached hydrogen (secondary N) is 2. The van der Waals surface area contributed by atoms with Gasteiger partial charge in [0.25, 0.3) is 0 Å². The molecule has 0 atom stereocenters. The number of amides is 1. The van der Waals surface area contributed by atoms with Crippen molar-refractivity contribution in [1.29, 1.82) is 0 Å². The first-order valence-electron chi connectivity index (χ1n) is 11.0. The first kappa shape index (κ1) is 22.2. The van der Waals surface area contributed by atoms with Crippen LogP contribution >= 0.6 is 0 Å². The molecule has 0 aliphatic heterocycles. The Bertz CT molecular complexity index is 1260. The average molecular weight is 441 g/mol. The van der Waals surface area contributed by atoms with Crippen LogP contribution in [0.5, 0.6) is 0 Å². The Morgan fingerprint density at radius 1 is 0.909 bits per heavy atom. The Hall–Kier alpha value is -4.00. The summed E-state index contributed by atoms with van der Waals surface area (Å²) >= 11 is 0. The minimum Gasteiger partial charge on any atom is -0.339 e. The highest BCUT2D eigenvalue weighted by molar-refractivity contribution is 5.91. The summed E-state index contributed by atoms with van der Waals surface area (Å²) in [4.78, 5) is 12.3. The van der Waals surface area contributed by atoms with Gasteiger partial charge in [0, 0.05) is 23.5 Å². The summed E-state index contributed by atoms with van der Waals surface area (Å²) in [7, 11) is 0. The molecule has 7 heteroatoms. The molecule has 0 fully saturated rings. The molecule has 0 radical (unpaired) electrons. The summed E-state index contributed by atoms with van der Waals surface area (Å²) < 4.78 is 1.80. The lowest BCUT2D eigenvalue weighted by Gasteiger charge is -2.09. The Balaban J connectivity index is 1.32. The van der Waals surface area contributed by atoms with E-state index in [-0.39, 0.29) is 5.91 Å². The zero-order valence-electron chi connectivity index (χ0n) is 19.4. The van der Waals surface area contributed by atoms with Crippen molar-refractivity contribution in [3.63, 3.8) is 0 Å². The normalized spacial score (nSPS) is 10.8. The molecule has 0 saturated carbocycles. The topological polar surface area (TPSA) is 84.7 Å². The predicted molar refractivity (Wildman–Crippen MR) is 131 cm³/mol. The van der Waals surface area contributed by atoms with Gasteiger partial charge in [0.15, 0.2) is 11.6 Å². The number of benzene rings is 2. The zero-order chi connectivity index (χ0) is 23.4. The Labute approximate surface area is 193 Å². The van der Waals surface area contributed by atoms with Gasteiger partial charge in [0.1, 0.15) is 0 Å². The molecule has 0 unspecified atom stereocenters. The van der Waals surface area contributed by atoms with Gasteiger partial charge in [0.05, 0.1) is 5.69 Å². The van der Waals surface area contributed by atoms with E-state index in [1.54, 1.807) is 4.68 Å². The van der Waals surface area contributed by atoms with Gasteiger partial charge < -0.3 is 10.6 Å². The fourth-order valence-corrected chi connectivity index (χ4v) is 3.58. The second-order valence-corrected chi connectivity index (χ2v) is 8.22. The maximum atomic E-state index is 12.3. The number of rotatable bonds is 7. The van der Waals surface area contributed by atoms with E-state index in [9.17, 15) is 4.79 Å². The molecule has 2 N–H and O–H groups in total. The second-order valence-electron chi connectivity index (χ2n) is 8.22. The highest BCUT2D eigenvalue weighted by Gasteiger charge is 2.10. The lowest BCUT2D eigenvalue weighted by atomic mass is 10.1. The third-order valence-corrected chi connectivity index (χ3v) is 5.68. The lowest BCUT2D eigenvalue weighted by molar-refractivity contribution is -0.116. The fourth-order valence-electron chi connectivity index (χ4n) is 3.58. The van der Waals surface area contributed by atoms with Gasteiger partial charge in [-0.25, -0.2) is 4.68 Å². The molecule has 1 amide bonds. The molecule has 0 aliphatic rings. The van der Waals surface area contributed by atoms with Crippen molar-refractivity contribution in [1.82, 2.24) is 20.0 Å². The number of aromatic nitrogens is 4. The molecule has 0 aliphatic carbocycles. The van der Waals surface area contributed by atoms with Crippen molar-refractivity contribution in [2.24, 2.45) is 0 Å². The molecule has 33 heavy (non-hydrogen) atoms. The van der Waals surface area contributed by atoms with Gasteiger partial charge in [-0.3, -0.25) is 4.79 Å². The first-order chi connectivity index (χ1) is 15.9. The van der Waals surface area contributed by atoms with Crippen LogP contribution in [0.1, 0.15) is 34.5 Å². The van der Waals surface area contributed by atoms with Crippen LogP contribution in [0.3, 0.4) is 0 Å². The van der Waals surface area contributed by atoms with Gasteiger partial charge in [-0.2, -0.15) is 5.10 Å². The fraction of sp³-hybridized carbons (Fsp3) is 0.231. The number of carbonyl (C=O) groups excluding carboxylic acids is 1. The third-order valence-electron chi connectivity index (χ3n) is 5.68. The van der Waals surface area contributed by atoms with E-state index in [0.717, 1.165) is 34.7 Å². The zero-order valence-corrected chi connectivity index (χ0v) is 19.4. The van der Waals surface area contributed by atoms with Crippen LogP contribution in [-0.4, -0.2) is 25.9 Å². The third kappa shape index (κ3) is 5.44. The van der Waals surface area contributed by atoms with E-state index in [1.165, 1.54) is 11.1 Å². The number of nitrogens with zero attached hydrogens (tertiary/aromatic N) is 4. The second kappa shape index (κ2) is 9.65. The van der Waals surface area contributed by atoms with E-state index >= 15 is 0 Å². The van der Waals surface area contributed by atoms with Crippen LogP contribution in [0, 0.1) is 27.7 Å². The van der Waals surface area contributed by atoms with Crippen molar-refractivity contribution in [2.75, 3.05) is 10.6 Å². The Kier molecular flexibility index (Phi) is 6.49. The smallest absolute Gasteiger partial charge is 0.224 e. The average Bonchev–Trinajstić information content (AvgIpc) is 3.07. The molecule has 0 bridgehead atoms. The number of anilines is 3. The lowest BCUT2D eigenvalue weighted by Crippen LogP contribution is -2.12. The summed E-state index contributed by atoms with van der Waals surface area (Å²) in [6, 6.07) is 19.5. The Morgan fingerprint density at radius 3 is 2.30 bits per heavy atom. The van der Waals surface area contributed by atoms with Crippen LogP contribution in [-0.2, 0) is 11.2 Å². The maximum absolute atomic E-state index is 12.3. The van der Waals surface area contributed by atoms with Crippen molar-refractivity contribution < 1.29 is 4.79 Å². The van der Waals surface area contributed by atoms with Crippen LogP contribution in [0.15, 0.2) is 60.7 Å². The quantitative estimate of drug-likeness (QED) is 0.412. The summed E-state index contributed by atoms with van der Waals surface area (Å²) in [5.74, 6) is 1.31.